The number of aryl methyl sites for hydroxylation is 1. The summed E-state index contributed by atoms with van der Waals surface area (Å²) in [5.74, 6) is -1.21. The molecule has 0 atom stereocenters. The largest absolute Gasteiger partial charge is 0.481 e. The normalized spacial score (nSPS) is 17.0. The number of carboxylic acid groups (broad SMARTS) is 1. The van der Waals surface area contributed by atoms with Gasteiger partial charge in [-0.1, -0.05) is 13.8 Å². The first-order valence-corrected chi connectivity index (χ1v) is 8.59. The minimum atomic E-state index is -0.944. The van der Waals surface area contributed by atoms with Crippen LogP contribution >= 0.6 is 0 Å². The summed E-state index contributed by atoms with van der Waals surface area (Å²) in [5.41, 5.74) is 0.334. The highest BCUT2D eigenvalue weighted by Crippen LogP contribution is 2.30. The van der Waals surface area contributed by atoms with Crippen LogP contribution in [0.3, 0.4) is 0 Å². The number of nitrogens with one attached hydrogen (secondary N) is 1. The first kappa shape index (κ1) is 18.4. The van der Waals surface area contributed by atoms with Crippen LogP contribution in [-0.4, -0.2) is 46.5 Å². The lowest BCUT2D eigenvalue weighted by Crippen LogP contribution is -2.46. The molecule has 1 fully saturated rings. The van der Waals surface area contributed by atoms with Gasteiger partial charge in [-0.3, -0.25) is 14.3 Å². The first-order chi connectivity index (χ1) is 11.4. The van der Waals surface area contributed by atoms with Crippen LogP contribution in [0.4, 0.5) is 0 Å². The molecule has 1 aromatic rings. The molecule has 2 N–H and O–H groups in total. The molecular formula is C17H27N3O4. The van der Waals surface area contributed by atoms with Crippen molar-refractivity contribution < 1.29 is 19.4 Å². The Labute approximate surface area is 142 Å². The standard InChI is InChI=1S/C17H27N3O4/c1-4-13(5-2)20-12(3)10-14(19-20)15(21)18-11-17(16(22)23)6-8-24-9-7-17/h10,13H,4-9,11H2,1-3H3,(H,18,21)(H,22,23). The molecule has 0 radical (unpaired) electrons. The highest BCUT2D eigenvalue weighted by molar-refractivity contribution is 5.92. The number of aliphatic carboxylic acids is 1. The van der Waals surface area contributed by atoms with Gasteiger partial charge < -0.3 is 15.2 Å². The van der Waals surface area contributed by atoms with Crippen molar-refractivity contribution in [2.24, 2.45) is 5.41 Å². The average molecular weight is 337 g/mol. The molecule has 2 rings (SSSR count). The Kier molecular flexibility index (Phi) is 5.99. The van der Waals surface area contributed by atoms with Crippen molar-refractivity contribution in [3.63, 3.8) is 0 Å². The minimum absolute atomic E-state index is 0.0986. The number of hydrogen-bond donors (Lipinski definition) is 2. The molecule has 0 aromatic carbocycles. The lowest BCUT2D eigenvalue weighted by molar-refractivity contribution is -0.154. The summed E-state index contributed by atoms with van der Waals surface area (Å²) in [6.07, 6.45) is 2.71. The molecule has 0 bridgehead atoms. The van der Waals surface area contributed by atoms with Gasteiger partial charge in [-0.25, -0.2) is 0 Å². The van der Waals surface area contributed by atoms with Gasteiger partial charge in [0.05, 0.1) is 11.5 Å². The number of aromatic nitrogens is 2. The van der Waals surface area contributed by atoms with Gasteiger partial charge in [-0.2, -0.15) is 5.10 Å². The van der Waals surface area contributed by atoms with Crippen LogP contribution in [0.1, 0.15) is 61.8 Å². The quantitative estimate of drug-likeness (QED) is 0.795. The monoisotopic (exact) mass is 337 g/mol. The van der Waals surface area contributed by atoms with Crippen LogP contribution in [0.15, 0.2) is 6.07 Å². The molecule has 24 heavy (non-hydrogen) atoms. The highest BCUT2D eigenvalue weighted by Gasteiger charge is 2.40. The van der Waals surface area contributed by atoms with Crippen LogP contribution < -0.4 is 5.32 Å². The van der Waals surface area contributed by atoms with E-state index < -0.39 is 11.4 Å². The fraction of sp³-hybridized carbons (Fsp3) is 0.706. The summed E-state index contributed by atoms with van der Waals surface area (Å²) in [5, 5.41) is 16.7. The van der Waals surface area contributed by atoms with Gasteiger partial charge in [0.15, 0.2) is 0 Å². The second-order valence-corrected chi connectivity index (χ2v) is 6.47. The average Bonchev–Trinajstić information content (AvgIpc) is 2.96. The van der Waals surface area contributed by atoms with Gasteiger partial charge in [0.2, 0.25) is 0 Å². The molecule has 134 valence electrons. The van der Waals surface area contributed by atoms with E-state index in [9.17, 15) is 14.7 Å². The second kappa shape index (κ2) is 7.79. The molecule has 2 heterocycles. The summed E-state index contributed by atoms with van der Waals surface area (Å²) in [6.45, 7) is 7.03. The lowest BCUT2D eigenvalue weighted by atomic mass is 9.80. The molecule has 0 aliphatic carbocycles. The summed E-state index contributed by atoms with van der Waals surface area (Å²) in [7, 11) is 0. The van der Waals surface area contributed by atoms with Gasteiger partial charge in [-0.05, 0) is 38.7 Å². The maximum absolute atomic E-state index is 12.4. The predicted molar refractivity (Wildman–Crippen MR) is 89.0 cm³/mol. The Balaban J connectivity index is 2.07. The van der Waals surface area contributed by atoms with E-state index in [-0.39, 0.29) is 18.5 Å². The van der Waals surface area contributed by atoms with E-state index in [2.05, 4.69) is 24.3 Å². The fourth-order valence-electron chi connectivity index (χ4n) is 3.17. The number of nitrogens with zero attached hydrogens (tertiary/aromatic N) is 2. The molecule has 0 spiro atoms. The number of hydrogen-bond acceptors (Lipinski definition) is 4. The van der Waals surface area contributed by atoms with E-state index in [1.807, 2.05) is 11.6 Å². The number of carboxylic acids is 1. The molecule has 1 saturated heterocycles. The minimum Gasteiger partial charge on any atom is -0.481 e. The zero-order chi connectivity index (χ0) is 17.7. The van der Waals surface area contributed by atoms with Crippen molar-refractivity contribution in [1.29, 1.82) is 0 Å². The van der Waals surface area contributed by atoms with Gasteiger partial charge in [0.25, 0.3) is 5.91 Å². The van der Waals surface area contributed by atoms with E-state index in [1.54, 1.807) is 6.07 Å². The van der Waals surface area contributed by atoms with E-state index in [1.165, 1.54) is 0 Å². The highest BCUT2D eigenvalue weighted by atomic mass is 16.5. The van der Waals surface area contributed by atoms with E-state index >= 15 is 0 Å². The molecule has 7 nitrogen and oxygen atoms in total. The van der Waals surface area contributed by atoms with Crippen molar-refractivity contribution in [2.75, 3.05) is 19.8 Å². The first-order valence-electron chi connectivity index (χ1n) is 8.59. The van der Waals surface area contributed by atoms with Gasteiger partial charge in [-0.15, -0.1) is 0 Å². The third-order valence-corrected chi connectivity index (χ3v) is 4.93. The second-order valence-electron chi connectivity index (χ2n) is 6.47. The Bertz CT molecular complexity index is 587. The summed E-state index contributed by atoms with van der Waals surface area (Å²) in [4.78, 5) is 24.0. The molecule has 1 amide bonds. The molecule has 0 unspecified atom stereocenters. The third-order valence-electron chi connectivity index (χ3n) is 4.93. The Hall–Kier alpha value is -1.89. The lowest BCUT2D eigenvalue weighted by Gasteiger charge is -2.32. The Morgan fingerprint density at radius 2 is 2.00 bits per heavy atom. The summed E-state index contributed by atoms with van der Waals surface area (Å²) < 4.78 is 7.13. The van der Waals surface area contributed by atoms with Crippen LogP contribution in [0.25, 0.3) is 0 Å². The SMILES string of the molecule is CCC(CC)n1nc(C(=O)NCC2(C(=O)O)CCOCC2)cc1C. The van der Waals surface area contributed by atoms with E-state index in [0.717, 1.165) is 18.5 Å². The Morgan fingerprint density at radius 1 is 1.38 bits per heavy atom. The van der Waals surface area contributed by atoms with Crippen molar-refractivity contribution >= 4 is 11.9 Å². The number of amides is 1. The van der Waals surface area contributed by atoms with Crippen molar-refractivity contribution in [2.45, 2.75) is 52.5 Å². The van der Waals surface area contributed by atoms with E-state index in [4.69, 9.17) is 4.74 Å². The Morgan fingerprint density at radius 3 is 2.54 bits per heavy atom. The van der Waals surface area contributed by atoms with Crippen molar-refractivity contribution in [3.05, 3.63) is 17.5 Å². The number of carbonyl (C=O) groups excluding carboxylic acids is 1. The van der Waals surface area contributed by atoms with Gasteiger partial charge in [0, 0.05) is 25.5 Å². The van der Waals surface area contributed by atoms with Crippen LogP contribution in [0.5, 0.6) is 0 Å². The fourth-order valence-corrected chi connectivity index (χ4v) is 3.17. The summed E-state index contributed by atoms with van der Waals surface area (Å²) in [6, 6.07) is 2.03. The van der Waals surface area contributed by atoms with Crippen molar-refractivity contribution in [3.8, 4) is 0 Å². The maximum Gasteiger partial charge on any atom is 0.311 e. The van der Waals surface area contributed by atoms with Crippen LogP contribution in [0.2, 0.25) is 0 Å². The topological polar surface area (TPSA) is 93.5 Å². The molecule has 7 heteroatoms. The molecule has 1 aliphatic heterocycles. The number of carbonyl (C=O) groups is 2. The van der Waals surface area contributed by atoms with Gasteiger partial charge in [0.1, 0.15) is 5.69 Å². The third kappa shape index (κ3) is 3.77. The smallest absolute Gasteiger partial charge is 0.311 e. The summed E-state index contributed by atoms with van der Waals surface area (Å²) >= 11 is 0. The zero-order valence-corrected chi connectivity index (χ0v) is 14.7. The van der Waals surface area contributed by atoms with E-state index in [0.29, 0.717) is 31.7 Å². The van der Waals surface area contributed by atoms with Crippen LogP contribution in [-0.2, 0) is 9.53 Å². The van der Waals surface area contributed by atoms with Gasteiger partial charge >= 0.3 is 5.97 Å². The maximum atomic E-state index is 12.4. The molecular weight excluding hydrogens is 310 g/mol. The van der Waals surface area contributed by atoms with Crippen LogP contribution in [0, 0.1) is 12.3 Å². The zero-order valence-electron chi connectivity index (χ0n) is 14.7. The predicted octanol–water partition coefficient (Wildman–Crippen LogP) is 2.16. The molecule has 1 aromatic heterocycles. The molecule has 0 saturated carbocycles. The molecule has 1 aliphatic rings. The number of ether oxygens (including phenoxy) is 1. The number of rotatable bonds is 7. The van der Waals surface area contributed by atoms with Crippen molar-refractivity contribution in [1.82, 2.24) is 15.1 Å².